The van der Waals surface area contributed by atoms with Crippen molar-refractivity contribution in [3.05, 3.63) is 30.3 Å². The van der Waals surface area contributed by atoms with Gasteiger partial charge in [0.05, 0.1) is 19.8 Å². The van der Waals surface area contributed by atoms with Crippen molar-refractivity contribution in [2.45, 2.75) is 25.5 Å². The fourth-order valence-electron chi connectivity index (χ4n) is 2.08. The Kier molecular flexibility index (Phi) is 5.83. The maximum Gasteiger partial charge on any atom is 0.221 e. The Bertz CT molecular complexity index is 405. The van der Waals surface area contributed by atoms with Crippen LogP contribution in [0.3, 0.4) is 0 Å². The maximum absolute atomic E-state index is 11.8. The van der Waals surface area contributed by atoms with Crippen LogP contribution < -0.4 is 15.4 Å². The Morgan fingerprint density at radius 2 is 2.30 bits per heavy atom. The molecule has 0 saturated carbocycles. The van der Waals surface area contributed by atoms with Gasteiger partial charge in [-0.05, 0) is 19.1 Å². The smallest absolute Gasteiger partial charge is 0.221 e. The highest BCUT2D eigenvalue weighted by atomic mass is 16.5. The van der Waals surface area contributed by atoms with Gasteiger partial charge >= 0.3 is 0 Å². The molecule has 5 nitrogen and oxygen atoms in total. The van der Waals surface area contributed by atoms with Crippen LogP contribution in [-0.4, -0.2) is 44.4 Å². The number of rotatable bonds is 6. The number of carbonyl (C=O) groups excluding carboxylic acids is 1. The summed E-state index contributed by atoms with van der Waals surface area (Å²) in [5.74, 6) is 0.841. The van der Waals surface area contributed by atoms with Gasteiger partial charge in [0.2, 0.25) is 5.91 Å². The summed E-state index contributed by atoms with van der Waals surface area (Å²) >= 11 is 0. The lowest BCUT2D eigenvalue weighted by Gasteiger charge is -2.23. The lowest BCUT2D eigenvalue weighted by atomic mass is 10.2. The van der Waals surface area contributed by atoms with Gasteiger partial charge in [0.1, 0.15) is 11.9 Å². The minimum absolute atomic E-state index is 0.0245. The quantitative estimate of drug-likeness (QED) is 0.813. The minimum Gasteiger partial charge on any atom is -0.489 e. The zero-order valence-corrected chi connectivity index (χ0v) is 11.8. The van der Waals surface area contributed by atoms with Crippen molar-refractivity contribution in [2.24, 2.45) is 0 Å². The Hall–Kier alpha value is -1.59. The average Bonchev–Trinajstić information content (AvgIpc) is 2.47. The van der Waals surface area contributed by atoms with Crippen LogP contribution in [0.25, 0.3) is 0 Å². The van der Waals surface area contributed by atoms with Crippen LogP contribution >= 0.6 is 0 Å². The van der Waals surface area contributed by atoms with E-state index >= 15 is 0 Å². The molecule has 0 aliphatic carbocycles. The standard InChI is InChI=1S/C15H22N2O3/c1-12(20-14-5-3-2-4-6-14)10-17-15(18)9-13-11-19-8-7-16-13/h2-6,12-13,16H,7-11H2,1H3,(H,17,18). The summed E-state index contributed by atoms with van der Waals surface area (Å²) in [6.45, 7) is 4.57. The van der Waals surface area contributed by atoms with E-state index in [1.165, 1.54) is 0 Å². The van der Waals surface area contributed by atoms with E-state index in [0.717, 1.165) is 18.9 Å². The number of ether oxygens (including phenoxy) is 2. The number of amides is 1. The van der Waals surface area contributed by atoms with Gasteiger partial charge in [-0.2, -0.15) is 0 Å². The van der Waals surface area contributed by atoms with Crippen molar-refractivity contribution in [2.75, 3.05) is 26.3 Å². The summed E-state index contributed by atoms with van der Waals surface area (Å²) in [4.78, 5) is 11.8. The first-order chi connectivity index (χ1) is 9.74. The fourth-order valence-corrected chi connectivity index (χ4v) is 2.08. The predicted molar refractivity (Wildman–Crippen MR) is 76.8 cm³/mol. The summed E-state index contributed by atoms with van der Waals surface area (Å²) in [5, 5.41) is 6.15. The third-order valence-corrected chi connectivity index (χ3v) is 3.10. The van der Waals surface area contributed by atoms with Gasteiger partial charge in [-0.1, -0.05) is 18.2 Å². The molecule has 0 aromatic heterocycles. The third kappa shape index (κ3) is 5.19. The fraction of sp³-hybridized carbons (Fsp3) is 0.533. The average molecular weight is 278 g/mol. The van der Waals surface area contributed by atoms with E-state index in [-0.39, 0.29) is 18.1 Å². The highest BCUT2D eigenvalue weighted by Gasteiger charge is 2.17. The van der Waals surface area contributed by atoms with Crippen molar-refractivity contribution in [1.82, 2.24) is 10.6 Å². The van der Waals surface area contributed by atoms with E-state index in [2.05, 4.69) is 10.6 Å². The van der Waals surface area contributed by atoms with Crippen LogP contribution in [-0.2, 0) is 9.53 Å². The van der Waals surface area contributed by atoms with E-state index in [0.29, 0.717) is 19.6 Å². The zero-order valence-electron chi connectivity index (χ0n) is 11.8. The molecule has 1 aromatic carbocycles. The summed E-state index contributed by atoms with van der Waals surface area (Å²) in [6.07, 6.45) is 0.384. The zero-order chi connectivity index (χ0) is 14.2. The number of para-hydroxylation sites is 1. The Labute approximate surface area is 119 Å². The number of hydrogen-bond acceptors (Lipinski definition) is 4. The van der Waals surface area contributed by atoms with E-state index in [4.69, 9.17) is 9.47 Å². The molecule has 2 unspecified atom stereocenters. The number of hydrogen-bond donors (Lipinski definition) is 2. The van der Waals surface area contributed by atoms with Crippen LogP contribution in [0.4, 0.5) is 0 Å². The molecule has 0 spiro atoms. The van der Waals surface area contributed by atoms with Gasteiger partial charge in [-0.15, -0.1) is 0 Å². The molecule has 0 radical (unpaired) electrons. The van der Waals surface area contributed by atoms with Crippen LogP contribution in [0.5, 0.6) is 5.75 Å². The van der Waals surface area contributed by atoms with Crippen LogP contribution in [0.1, 0.15) is 13.3 Å². The van der Waals surface area contributed by atoms with E-state index in [1.807, 2.05) is 37.3 Å². The summed E-state index contributed by atoms with van der Waals surface area (Å²) < 4.78 is 11.0. The van der Waals surface area contributed by atoms with Gasteiger partial charge in [0.15, 0.2) is 0 Å². The molecule has 2 rings (SSSR count). The van der Waals surface area contributed by atoms with Gasteiger partial charge in [-0.3, -0.25) is 4.79 Å². The molecule has 110 valence electrons. The van der Waals surface area contributed by atoms with Crippen molar-refractivity contribution in [3.63, 3.8) is 0 Å². The van der Waals surface area contributed by atoms with Crippen molar-refractivity contribution in [3.8, 4) is 5.75 Å². The molecule has 1 aliphatic heterocycles. The van der Waals surface area contributed by atoms with Gasteiger partial charge in [-0.25, -0.2) is 0 Å². The molecular formula is C15H22N2O3. The summed E-state index contributed by atoms with van der Waals surface area (Å²) in [5.41, 5.74) is 0. The summed E-state index contributed by atoms with van der Waals surface area (Å²) in [6, 6.07) is 9.72. The number of carbonyl (C=O) groups is 1. The topological polar surface area (TPSA) is 59.6 Å². The van der Waals surface area contributed by atoms with Gasteiger partial charge in [0, 0.05) is 19.0 Å². The lowest BCUT2D eigenvalue weighted by molar-refractivity contribution is -0.122. The molecule has 5 heteroatoms. The van der Waals surface area contributed by atoms with Crippen LogP contribution in [0.2, 0.25) is 0 Å². The molecule has 1 amide bonds. The van der Waals surface area contributed by atoms with Crippen molar-refractivity contribution >= 4 is 5.91 Å². The van der Waals surface area contributed by atoms with Gasteiger partial charge < -0.3 is 20.1 Å². The monoisotopic (exact) mass is 278 g/mol. The van der Waals surface area contributed by atoms with E-state index in [9.17, 15) is 4.79 Å². The first kappa shape index (κ1) is 14.8. The number of morpholine rings is 1. The van der Waals surface area contributed by atoms with E-state index in [1.54, 1.807) is 0 Å². The molecule has 2 atom stereocenters. The highest BCUT2D eigenvalue weighted by Crippen LogP contribution is 2.10. The SMILES string of the molecule is CC(CNC(=O)CC1COCCN1)Oc1ccccc1. The van der Waals surface area contributed by atoms with Crippen molar-refractivity contribution in [1.29, 1.82) is 0 Å². The second-order valence-electron chi connectivity index (χ2n) is 4.98. The Morgan fingerprint density at radius 1 is 1.50 bits per heavy atom. The second kappa shape index (κ2) is 7.87. The first-order valence-electron chi connectivity index (χ1n) is 7.03. The minimum atomic E-state index is -0.0584. The largest absolute Gasteiger partial charge is 0.489 e. The molecule has 1 heterocycles. The van der Waals surface area contributed by atoms with Gasteiger partial charge in [0.25, 0.3) is 0 Å². The molecule has 1 aliphatic rings. The molecule has 1 saturated heterocycles. The van der Waals surface area contributed by atoms with Crippen LogP contribution in [0.15, 0.2) is 30.3 Å². The number of benzene rings is 1. The number of nitrogens with one attached hydrogen (secondary N) is 2. The lowest BCUT2D eigenvalue weighted by Crippen LogP contribution is -2.45. The predicted octanol–water partition coefficient (Wildman–Crippen LogP) is 0.949. The van der Waals surface area contributed by atoms with Crippen LogP contribution in [0, 0.1) is 0 Å². The second-order valence-corrected chi connectivity index (χ2v) is 4.98. The molecule has 20 heavy (non-hydrogen) atoms. The van der Waals surface area contributed by atoms with E-state index < -0.39 is 0 Å². The Morgan fingerprint density at radius 3 is 3.00 bits per heavy atom. The molecule has 1 fully saturated rings. The highest BCUT2D eigenvalue weighted by molar-refractivity contribution is 5.76. The molecule has 1 aromatic rings. The third-order valence-electron chi connectivity index (χ3n) is 3.10. The maximum atomic E-state index is 11.8. The first-order valence-corrected chi connectivity index (χ1v) is 7.03. The van der Waals surface area contributed by atoms with Crippen molar-refractivity contribution < 1.29 is 14.3 Å². The molecular weight excluding hydrogens is 256 g/mol. The molecule has 0 bridgehead atoms. The molecule has 2 N–H and O–H groups in total. The normalized spacial score (nSPS) is 20.1. The summed E-state index contributed by atoms with van der Waals surface area (Å²) in [7, 11) is 0. The Balaban J connectivity index is 1.64.